The van der Waals surface area contributed by atoms with Gasteiger partial charge in [0, 0.05) is 63.8 Å². The molecule has 0 aliphatic carbocycles. The minimum Gasteiger partial charge on any atom is -0.469 e. The van der Waals surface area contributed by atoms with Gasteiger partial charge in [0.2, 0.25) is 5.95 Å². The molecular formula is C20H24N6O3S. The van der Waals surface area contributed by atoms with Crippen LogP contribution < -0.4 is 4.90 Å². The molecule has 30 heavy (non-hydrogen) atoms. The SMILES string of the molecule is Cc1occc1-c1nc(N2CCN(S(=O)(=O)N(C)C)CC2)ncc1-c1ccccn1. The highest BCUT2D eigenvalue weighted by Crippen LogP contribution is 2.33. The predicted molar refractivity (Wildman–Crippen MR) is 114 cm³/mol. The maximum Gasteiger partial charge on any atom is 0.281 e. The van der Waals surface area contributed by atoms with E-state index in [0.29, 0.717) is 32.1 Å². The topological polar surface area (TPSA) is 95.7 Å². The molecule has 0 bridgehead atoms. The Kier molecular flexibility index (Phi) is 5.54. The van der Waals surface area contributed by atoms with Crippen LogP contribution in [-0.4, -0.2) is 72.3 Å². The number of hydrogen-bond acceptors (Lipinski definition) is 7. The summed E-state index contributed by atoms with van der Waals surface area (Å²) < 4.78 is 32.9. The van der Waals surface area contributed by atoms with E-state index >= 15 is 0 Å². The van der Waals surface area contributed by atoms with Crippen LogP contribution in [0.15, 0.2) is 47.3 Å². The molecular weight excluding hydrogens is 404 g/mol. The third-order valence-electron chi connectivity index (χ3n) is 5.14. The molecule has 1 aliphatic rings. The lowest BCUT2D eigenvalue weighted by Gasteiger charge is -2.35. The number of aromatic nitrogens is 3. The molecule has 0 aromatic carbocycles. The van der Waals surface area contributed by atoms with Crippen molar-refractivity contribution in [2.45, 2.75) is 6.92 Å². The predicted octanol–water partition coefficient (Wildman–Crippen LogP) is 2.04. The zero-order chi connectivity index (χ0) is 21.3. The molecule has 0 N–H and O–H groups in total. The van der Waals surface area contributed by atoms with Gasteiger partial charge in [0.1, 0.15) is 5.76 Å². The lowest BCUT2D eigenvalue weighted by atomic mass is 10.1. The summed E-state index contributed by atoms with van der Waals surface area (Å²) in [5, 5.41) is 0. The van der Waals surface area contributed by atoms with Crippen LogP contribution in [0.2, 0.25) is 0 Å². The molecule has 10 heteroatoms. The molecule has 0 spiro atoms. The Morgan fingerprint density at radius 2 is 1.80 bits per heavy atom. The molecule has 1 aliphatic heterocycles. The summed E-state index contributed by atoms with van der Waals surface area (Å²) in [4.78, 5) is 15.8. The first kappa shape index (κ1) is 20.5. The van der Waals surface area contributed by atoms with Crippen LogP contribution in [0.3, 0.4) is 0 Å². The lowest BCUT2D eigenvalue weighted by molar-refractivity contribution is 0.354. The maximum atomic E-state index is 12.4. The number of aryl methyl sites for hydroxylation is 1. The van der Waals surface area contributed by atoms with E-state index in [1.807, 2.05) is 36.1 Å². The Hall–Kier alpha value is -2.82. The van der Waals surface area contributed by atoms with Crippen molar-refractivity contribution >= 4 is 16.2 Å². The Balaban J connectivity index is 1.66. The highest BCUT2D eigenvalue weighted by molar-refractivity contribution is 7.86. The van der Waals surface area contributed by atoms with Gasteiger partial charge in [-0.1, -0.05) is 6.07 Å². The van der Waals surface area contributed by atoms with Crippen molar-refractivity contribution < 1.29 is 12.8 Å². The van der Waals surface area contributed by atoms with Gasteiger partial charge in [0.25, 0.3) is 10.2 Å². The number of furan rings is 1. The summed E-state index contributed by atoms with van der Waals surface area (Å²) in [6.07, 6.45) is 5.15. The minimum absolute atomic E-state index is 0.381. The van der Waals surface area contributed by atoms with Crippen molar-refractivity contribution in [1.29, 1.82) is 0 Å². The number of piperazine rings is 1. The molecule has 1 saturated heterocycles. The molecule has 0 radical (unpaired) electrons. The first-order valence-corrected chi connectivity index (χ1v) is 11.0. The van der Waals surface area contributed by atoms with Gasteiger partial charge >= 0.3 is 0 Å². The molecule has 0 saturated carbocycles. The van der Waals surface area contributed by atoms with Crippen LogP contribution in [0, 0.1) is 6.92 Å². The Morgan fingerprint density at radius 3 is 2.40 bits per heavy atom. The molecule has 158 valence electrons. The molecule has 9 nitrogen and oxygen atoms in total. The van der Waals surface area contributed by atoms with Crippen molar-refractivity contribution in [2.75, 3.05) is 45.2 Å². The Morgan fingerprint density at radius 1 is 1.03 bits per heavy atom. The molecule has 0 amide bonds. The van der Waals surface area contributed by atoms with E-state index in [1.165, 1.54) is 8.61 Å². The fourth-order valence-corrected chi connectivity index (χ4v) is 4.51. The van der Waals surface area contributed by atoms with Gasteiger partial charge in [-0.05, 0) is 25.1 Å². The number of anilines is 1. The summed E-state index contributed by atoms with van der Waals surface area (Å²) in [6, 6.07) is 7.59. The highest BCUT2D eigenvalue weighted by atomic mass is 32.2. The van der Waals surface area contributed by atoms with Crippen LogP contribution in [-0.2, 0) is 10.2 Å². The van der Waals surface area contributed by atoms with Gasteiger partial charge in [-0.2, -0.15) is 17.0 Å². The highest BCUT2D eigenvalue weighted by Gasteiger charge is 2.30. The van der Waals surface area contributed by atoms with Crippen molar-refractivity contribution in [3.8, 4) is 22.5 Å². The Labute approximate surface area is 176 Å². The summed E-state index contributed by atoms with van der Waals surface area (Å²) >= 11 is 0. The van der Waals surface area contributed by atoms with E-state index in [1.54, 1.807) is 32.8 Å². The van der Waals surface area contributed by atoms with Gasteiger partial charge in [-0.25, -0.2) is 9.97 Å². The van der Waals surface area contributed by atoms with Gasteiger partial charge in [-0.15, -0.1) is 0 Å². The van der Waals surface area contributed by atoms with Crippen LogP contribution in [0.1, 0.15) is 5.76 Å². The average molecular weight is 429 g/mol. The zero-order valence-electron chi connectivity index (χ0n) is 17.2. The fourth-order valence-electron chi connectivity index (χ4n) is 3.42. The summed E-state index contributed by atoms with van der Waals surface area (Å²) in [6.45, 7) is 3.68. The first-order chi connectivity index (χ1) is 14.4. The van der Waals surface area contributed by atoms with E-state index in [0.717, 1.165) is 28.3 Å². The van der Waals surface area contributed by atoms with Crippen molar-refractivity contribution in [3.63, 3.8) is 0 Å². The average Bonchev–Trinajstić information content (AvgIpc) is 3.19. The van der Waals surface area contributed by atoms with Crippen molar-refractivity contribution in [3.05, 3.63) is 48.7 Å². The smallest absolute Gasteiger partial charge is 0.281 e. The van der Waals surface area contributed by atoms with Gasteiger partial charge in [0.15, 0.2) is 0 Å². The van der Waals surface area contributed by atoms with E-state index in [4.69, 9.17) is 9.40 Å². The van der Waals surface area contributed by atoms with Gasteiger partial charge in [0.05, 0.1) is 17.7 Å². The molecule has 1 fully saturated rings. The van der Waals surface area contributed by atoms with Crippen molar-refractivity contribution in [1.82, 2.24) is 23.6 Å². The first-order valence-electron chi connectivity index (χ1n) is 9.63. The third kappa shape index (κ3) is 3.81. The van der Waals surface area contributed by atoms with Crippen LogP contribution in [0.5, 0.6) is 0 Å². The number of hydrogen-bond donors (Lipinski definition) is 0. The van der Waals surface area contributed by atoms with E-state index in [-0.39, 0.29) is 0 Å². The molecule has 4 rings (SSSR count). The second kappa shape index (κ2) is 8.13. The molecule has 0 unspecified atom stereocenters. The van der Waals surface area contributed by atoms with E-state index < -0.39 is 10.2 Å². The Bertz CT molecular complexity index is 1120. The summed E-state index contributed by atoms with van der Waals surface area (Å²) in [5.41, 5.74) is 3.22. The molecule has 0 atom stereocenters. The third-order valence-corrected chi connectivity index (χ3v) is 7.08. The zero-order valence-corrected chi connectivity index (χ0v) is 18.0. The van der Waals surface area contributed by atoms with Crippen LogP contribution in [0.4, 0.5) is 5.95 Å². The molecule has 3 aromatic heterocycles. The summed E-state index contributed by atoms with van der Waals surface area (Å²) in [5.74, 6) is 1.32. The normalized spacial score (nSPS) is 15.7. The lowest BCUT2D eigenvalue weighted by Crippen LogP contribution is -2.52. The fraction of sp³-hybridized carbons (Fsp3) is 0.350. The second-order valence-corrected chi connectivity index (χ2v) is 9.36. The number of rotatable bonds is 5. The van der Waals surface area contributed by atoms with Crippen LogP contribution >= 0.6 is 0 Å². The van der Waals surface area contributed by atoms with Crippen LogP contribution in [0.25, 0.3) is 22.5 Å². The number of nitrogens with zero attached hydrogens (tertiary/aromatic N) is 6. The summed E-state index contributed by atoms with van der Waals surface area (Å²) in [7, 11) is -0.334. The quantitative estimate of drug-likeness (QED) is 0.614. The monoisotopic (exact) mass is 428 g/mol. The standard InChI is InChI=1S/C20H24N6O3S/c1-15-16(7-13-29-15)19-17(18-6-4-5-8-21-18)14-22-20(23-19)25-9-11-26(12-10-25)30(27,28)24(2)3/h4-8,13-14H,9-12H2,1-3H3. The van der Waals surface area contributed by atoms with Gasteiger partial charge < -0.3 is 9.32 Å². The molecule has 3 aromatic rings. The van der Waals surface area contributed by atoms with Crippen molar-refractivity contribution in [2.24, 2.45) is 0 Å². The largest absolute Gasteiger partial charge is 0.469 e. The van der Waals surface area contributed by atoms with Gasteiger partial charge in [-0.3, -0.25) is 4.98 Å². The molecule has 4 heterocycles. The van der Waals surface area contributed by atoms with E-state index in [2.05, 4.69) is 9.97 Å². The van der Waals surface area contributed by atoms with E-state index in [9.17, 15) is 8.42 Å². The second-order valence-electron chi connectivity index (χ2n) is 7.21. The maximum absolute atomic E-state index is 12.4. The minimum atomic E-state index is -3.42. The number of pyridine rings is 1.